The molecule has 0 amide bonds. The molecule has 0 bridgehead atoms. The van der Waals surface area contributed by atoms with Crippen molar-refractivity contribution in [1.82, 2.24) is 5.32 Å². The Bertz CT molecular complexity index is 393. The van der Waals surface area contributed by atoms with E-state index in [0.29, 0.717) is 11.5 Å². The molecule has 0 aromatic heterocycles. The number of aryl methyl sites for hydroxylation is 1. The summed E-state index contributed by atoms with van der Waals surface area (Å²) >= 11 is 0. The summed E-state index contributed by atoms with van der Waals surface area (Å²) in [6.07, 6.45) is 2.37. The van der Waals surface area contributed by atoms with Crippen LogP contribution in [0, 0.1) is 12.3 Å². The molecule has 1 atom stereocenters. The lowest BCUT2D eigenvalue weighted by Gasteiger charge is -2.33. The van der Waals surface area contributed by atoms with Crippen molar-refractivity contribution in [3.05, 3.63) is 29.8 Å². The highest BCUT2D eigenvalue weighted by Gasteiger charge is 2.23. The molecule has 1 aromatic carbocycles. The molecule has 0 saturated heterocycles. The number of nitrogens with one attached hydrogen (secondary N) is 1. The van der Waals surface area contributed by atoms with Gasteiger partial charge in [-0.1, -0.05) is 39.8 Å². The normalized spacial score (nSPS) is 13.3. The molecule has 20 heavy (non-hydrogen) atoms. The zero-order valence-electron chi connectivity index (χ0n) is 14.2. The summed E-state index contributed by atoms with van der Waals surface area (Å²) < 4.78 is 0. The lowest BCUT2D eigenvalue weighted by molar-refractivity contribution is 0.257. The third kappa shape index (κ3) is 5.54. The van der Waals surface area contributed by atoms with E-state index < -0.39 is 0 Å². The van der Waals surface area contributed by atoms with Crippen LogP contribution in [0.25, 0.3) is 0 Å². The lowest BCUT2D eigenvalue weighted by Crippen LogP contribution is -2.42. The van der Waals surface area contributed by atoms with Crippen LogP contribution in [0.4, 0.5) is 5.69 Å². The monoisotopic (exact) mass is 276 g/mol. The van der Waals surface area contributed by atoms with E-state index >= 15 is 0 Å². The van der Waals surface area contributed by atoms with E-state index in [1.54, 1.807) is 0 Å². The molecule has 114 valence electrons. The Morgan fingerprint density at radius 3 is 2.50 bits per heavy atom. The van der Waals surface area contributed by atoms with Gasteiger partial charge in [0.15, 0.2) is 0 Å². The Kier molecular flexibility index (Phi) is 6.54. The lowest BCUT2D eigenvalue weighted by atomic mass is 9.84. The summed E-state index contributed by atoms with van der Waals surface area (Å²) in [5.41, 5.74) is 2.95. The second-order valence-electron chi connectivity index (χ2n) is 6.92. The Labute approximate surface area is 125 Å². The van der Waals surface area contributed by atoms with Crippen LogP contribution in [0.5, 0.6) is 0 Å². The summed E-state index contributed by atoms with van der Waals surface area (Å²) in [6.45, 7) is 13.6. The van der Waals surface area contributed by atoms with Gasteiger partial charge in [-0.3, -0.25) is 0 Å². The third-order valence-electron chi connectivity index (χ3n) is 3.88. The molecule has 2 nitrogen and oxygen atoms in total. The molecule has 0 spiro atoms. The molecule has 1 rings (SSSR count). The largest absolute Gasteiger partial charge is 0.375 e. The first-order valence-corrected chi connectivity index (χ1v) is 7.85. The molecule has 2 heteroatoms. The van der Waals surface area contributed by atoms with Crippen molar-refractivity contribution < 1.29 is 0 Å². The van der Waals surface area contributed by atoms with Gasteiger partial charge in [-0.05, 0) is 49.4 Å². The van der Waals surface area contributed by atoms with Crippen LogP contribution in [0.3, 0.4) is 0 Å². The topological polar surface area (TPSA) is 15.3 Å². The van der Waals surface area contributed by atoms with Crippen LogP contribution in [0.1, 0.15) is 46.1 Å². The number of hydrogen-bond donors (Lipinski definition) is 1. The van der Waals surface area contributed by atoms with Gasteiger partial charge in [0.1, 0.15) is 0 Å². The minimum atomic E-state index is 0.308. The summed E-state index contributed by atoms with van der Waals surface area (Å²) in [5.74, 6) is 0. The van der Waals surface area contributed by atoms with Gasteiger partial charge in [0.2, 0.25) is 0 Å². The van der Waals surface area contributed by atoms with Gasteiger partial charge in [-0.25, -0.2) is 0 Å². The first-order chi connectivity index (χ1) is 9.34. The second kappa shape index (κ2) is 7.68. The summed E-state index contributed by atoms with van der Waals surface area (Å²) in [4.78, 5) is 2.36. The van der Waals surface area contributed by atoms with E-state index in [4.69, 9.17) is 0 Å². The van der Waals surface area contributed by atoms with Gasteiger partial charge in [0, 0.05) is 25.3 Å². The molecule has 1 unspecified atom stereocenters. The zero-order chi connectivity index (χ0) is 15.2. The second-order valence-corrected chi connectivity index (χ2v) is 6.92. The highest BCUT2D eigenvalue weighted by Crippen LogP contribution is 2.23. The van der Waals surface area contributed by atoms with Crippen molar-refractivity contribution in [3.8, 4) is 0 Å². The van der Waals surface area contributed by atoms with Crippen molar-refractivity contribution in [1.29, 1.82) is 0 Å². The van der Waals surface area contributed by atoms with E-state index in [9.17, 15) is 0 Å². The van der Waals surface area contributed by atoms with Crippen LogP contribution >= 0.6 is 0 Å². The maximum Gasteiger partial charge on any atom is 0.0366 e. The average Bonchev–Trinajstić information content (AvgIpc) is 2.37. The zero-order valence-corrected chi connectivity index (χ0v) is 14.2. The predicted molar refractivity (Wildman–Crippen MR) is 90.6 cm³/mol. The Morgan fingerprint density at radius 1 is 1.25 bits per heavy atom. The Morgan fingerprint density at radius 2 is 1.95 bits per heavy atom. The average molecular weight is 276 g/mol. The maximum absolute atomic E-state index is 3.70. The van der Waals surface area contributed by atoms with Crippen LogP contribution in [0.2, 0.25) is 0 Å². The maximum atomic E-state index is 3.70. The standard InChI is InChI=1S/C18H32N2/c1-7-12-19-17(18(3,4)5)11-13-20(6)16-10-8-9-15(2)14-16/h8-10,14,17,19H,7,11-13H2,1-6H3. The summed E-state index contributed by atoms with van der Waals surface area (Å²) in [7, 11) is 2.19. The highest BCUT2D eigenvalue weighted by molar-refractivity contribution is 5.47. The van der Waals surface area contributed by atoms with Crippen LogP contribution in [-0.2, 0) is 0 Å². The molecule has 0 radical (unpaired) electrons. The summed E-state index contributed by atoms with van der Waals surface area (Å²) in [5, 5.41) is 3.70. The summed E-state index contributed by atoms with van der Waals surface area (Å²) in [6, 6.07) is 9.30. The van der Waals surface area contributed by atoms with Crippen molar-refractivity contribution in [2.75, 3.05) is 25.0 Å². The predicted octanol–water partition coefficient (Wildman–Crippen LogP) is 4.24. The van der Waals surface area contributed by atoms with E-state index in [-0.39, 0.29) is 0 Å². The van der Waals surface area contributed by atoms with Crippen LogP contribution in [-0.4, -0.2) is 26.2 Å². The number of anilines is 1. The molecule has 0 heterocycles. The molecule has 0 aliphatic heterocycles. The van der Waals surface area contributed by atoms with Crippen LogP contribution in [0.15, 0.2) is 24.3 Å². The highest BCUT2D eigenvalue weighted by atomic mass is 15.1. The molecule has 0 aliphatic carbocycles. The molecular weight excluding hydrogens is 244 g/mol. The molecule has 0 saturated carbocycles. The number of rotatable bonds is 7. The first-order valence-electron chi connectivity index (χ1n) is 7.85. The fourth-order valence-electron chi connectivity index (χ4n) is 2.48. The molecule has 1 N–H and O–H groups in total. The van der Waals surface area contributed by atoms with E-state index in [1.165, 1.54) is 24.1 Å². The third-order valence-corrected chi connectivity index (χ3v) is 3.88. The van der Waals surface area contributed by atoms with Crippen molar-refractivity contribution in [2.24, 2.45) is 5.41 Å². The molecule has 0 aliphatic rings. The van der Waals surface area contributed by atoms with Crippen molar-refractivity contribution in [2.45, 2.75) is 53.5 Å². The number of benzene rings is 1. The molecule has 1 aromatic rings. The van der Waals surface area contributed by atoms with E-state index in [0.717, 1.165) is 13.1 Å². The fraction of sp³-hybridized carbons (Fsp3) is 0.667. The Hall–Kier alpha value is -1.02. The quantitative estimate of drug-likeness (QED) is 0.801. The minimum Gasteiger partial charge on any atom is -0.375 e. The van der Waals surface area contributed by atoms with Crippen molar-refractivity contribution >= 4 is 5.69 Å². The van der Waals surface area contributed by atoms with Crippen LogP contribution < -0.4 is 10.2 Å². The molecule has 0 fully saturated rings. The fourth-order valence-corrected chi connectivity index (χ4v) is 2.48. The Balaban J connectivity index is 2.58. The van der Waals surface area contributed by atoms with E-state index in [1.807, 2.05) is 0 Å². The van der Waals surface area contributed by atoms with Crippen molar-refractivity contribution in [3.63, 3.8) is 0 Å². The SMILES string of the molecule is CCCNC(CCN(C)c1cccc(C)c1)C(C)(C)C. The van der Waals surface area contributed by atoms with Gasteiger partial charge < -0.3 is 10.2 Å². The number of nitrogens with zero attached hydrogens (tertiary/aromatic N) is 1. The minimum absolute atomic E-state index is 0.308. The van der Waals surface area contributed by atoms with Gasteiger partial charge in [0.05, 0.1) is 0 Å². The smallest absolute Gasteiger partial charge is 0.0366 e. The van der Waals surface area contributed by atoms with E-state index in [2.05, 4.69) is 76.1 Å². The van der Waals surface area contributed by atoms with Gasteiger partial charge in [-0.2, -0.15) is 0 Å². The van der Waals surface area contributed by atoms with Gasteiger partial charge in [-0.15, -0.1) is 0 Å². The van der Waals surface area contributed by atoms with Gasteiger partial charge >= 0.3 is 0 Å². The van der Waals surface area contributed by atoms with Gasteiger partial charge in [0.25, 0.3) is 0 Å². The first kappa shape index (κ1) is 17.0. The number of hydrogen-bond acceptors (Lipinski definition) is 2. The molecular formula is C18H32N2.